The van der Waals surface area contributed by atoms with Crippen molar-refractivity contribution >= 4 is 40.4 Å². The van der Waals surface area contributed by atoms with E-state index in [2.05, 4.69) is 52.0 Å². The quantitative estimate of drug-likeness (QED) is 0.772. The first kappa shape index (κ1) is 17.4. The highest BCUT2D eigenvalue weighted by molar-refractivity contribution is 8.17. The van der Waals surface area contributed by atoms with Gasteiger partial charge in [0, 0.05) is 37.3 Å². The molecule has 4 rings (SSSR count). The van der Waals surface area contributed by atoms with E-state index in [-0.39, 0.29) is 0 Å². The maximum absolute atomic E-state index is 6.27. The Morgan fingerprint density at radius 2 is 1.77 bits per heavy atom. The van der Waals surface area contributed by atoms with Crippen LogP contribution in [0.1, 0.15) is 11.1 Å². The number of benzene rings is 1. The van der Waals surface area contributed by atoms with Crippen LogP contribution in [-0.4, -0.2) is 47.8 Å². The van der Waals surface area contributed by atoms with E-state index in [4.69, 9.17) is 16.6 Å². The molecule has 0 spiro atoms. The number of rotatable bonds is 2. The minimum Gasteiger partial charge on any atom is -0.352 e. The van der Waals surface area contributed by atoms with E-state index in [1.165, 1.54) is 16.0 Å². The molecule has 2 aliphatic heterocycles. The zero-order valence-corrected chi connectivity index (χ0v) is 16.3. The summed E-state index contributed by atoms with van der Waals surface area (Å²) in [5.74, 6) is 0.884. The predicted molar refractivity (Wildman–Crippen MR) is 112 cm³/mol. The Morgan fingerprint density at radius 1 is 1.04 bits per heavy atom. The van der Waals surface area contributed by atoms with Crippen molar-refractivity contribution in [1.82, 2.24) is 9.88 Å². The number of amidine groups is 1. The Hall–Kier alpha value is -1.98. The van der Waals surface area contributed by atoms with E-state index < -0.39 is 0 Å². The maximum Gasteiger partial charge on any atom is 0.164 e. The number of halogens is 1. The molecule has 0 atom stereocenters. The smallest absolute Gasteiger partial charge is 0.164 e. The standard InChI is InChI=1S/C20H21ClN4S/c1-15-4-6-16(7-5-15)13-17-14-23-20(26-17)25-11-9-24(10-12-25)19-18(21)3-2-8-22-19/h2-8,13H,9-12,14H2,1H3. The Kier molecular flexibility index (Phi) is 5.18. The summed E-state index contributed by atoms with van der Waals surface area (Å²) in [5.41, 5.74) is 2.53. The monoisotopic (exact) mass is 384 g/mol. The highest BCUT2D eigenvalue weighted by atomic mass is 35.5. The van der Waals surface area contributed by atoms with Gasteiger partial charge in [0.1, 0.15) is 5.82 Å². The van der Waals surface area contributed by atoms with Gasteiger partial charge in [0.2, 0.25) is 0 Å². The van der Waals surface area contributed by atoms with Gasteiger partial charge < -0.3 is 9.80 Å². The van der Waals surface area contributed by atoms with Crippen LogP contribution in [0, 0.1) is 6.92 Å². The number of piperazine rings is 1. The molecule has 26 heavy (non-hydrogen) atoms. The summed E-state index contributed by atoms with van der Waals surface area (Å²) in [6.45, 7) is 6.59. The lowest BCUT2D eigenvalue weighted by Gasteiger charge is -2.36. The van der Waals surface area contributed by atoms with Crippen LogP contribution in [0.25, 0.3) is 6.08 Å². The molecule has 1 fully saturated rings. The van der Waals surface area contributed by atoms with E-state index >= 15 is 0 Å². The number of anilines is 1. The molecule has 0 unspecified atom stereocenters. The van der Waals surface area contributed by atoms with E-state index in [0.717, 1.165) is 48.7 Å². The first-order valence-corrected chi connectivity index (χ1v) is 9.98. The van der Waals surface area contributed by atoms with Crippen LogP contribution in [-0.2, 0) is 0 Å². The third-order valence-electron chi connectivity index (χ3n) is 4.59. The number of aromatic nitrogens is 1. The molecule has 2 aliphatic rings. The summed E-state index contributed by atoms with van der Waals surface area (Å²) in [4.78, 5) is 15.1. The molecule has 1 aromatic carbocycles. The van der Waals surface area contributed by atoms with Crippen molar-refractivity contribution < 1.29 is 0 Å². The number of pyridine rings is 1. The van der Waals surface area contributed by atoms with Gasteiger partial charge in [-0.25, -0.2) is 4.98 Å². The molecule has 1 aromatic heterocycles. The zero-order valence-electron chi connectivity index (χ0n) is 14.7. The van der Waals surface area contributed by atoms with Gasteiger partial charge in [-0.05, 0) is 30.7 Å². The van der Waals surface area contributed by atoms with Crippen LogP contribution in [0.4, 0.5) is 5.82 Å². The van der Waals surface area contributed by atoms with Crippen LogP contribution in [0.3, 0.4) is 0 Å². The van der Waals surface area contributed by atoms with Crippen LogP contribution < -0.4 is 4.90 Å². The topological polar surface area (TPSA) is 31.7 Å². The van der Waals surface area contributed by atoms with Gasteiger partial charge in [0.25, 0.3) is 0 Å². The number of nitrogens with zero attached hydrogens (tertiary/aromatic N) is 4. The average molecular weight is 385 g/mol. The molecular formula is C20H21ClN4S. The summed E-state index contributed by atoms with van der Waals surface area (Å²) in [7, 11) is 0. The van der Waals surface area contributed by atoms with Gasteiger partial charge in [-0.15, -0.1) is 0 Å². The predicted octanol–water partition coefficient (Wildman–Crippen LogP) is 4.31. The van der Waals surface area contributed by atoms with Crippen molar-refractivity contribution in [3.63, 3.8) is 0 Å². The van der Waals surface area contributed by atoms with Crippen LogP contribution in [0.5, 0.6) is 0 Å². The van der Waals surface area contributed by atoms with E-state index in [9.17, 15) is 0 Å². The normalized spacial score (nSPS) is 19.2. The second kappa shape index (κ2) is 7.72. The van der Waals surface area contributed by atoms with Gasteiger partial charge in [0.05, 0.1) is 11.6 Å². The lowest BCUT2D eigenvalue weighted by Crippen LogP contribution is -2.48. The summed E-state index contributed by atoms with van der Waals surface area (Å²) in [6, 6.07) is 12.4. The molecule has 0 aliphatic carbocycles. The van der Waals surface area contributed by atoms with Gasteiger partial charge >= 0.3 is 0 Å². The highest BCUT2D eigenvalue weighted by Crippen LogP contribution is 2.30. The second-order valence-electron chi connectivity index (χ2n) is 6.51. The van der Waals surface area contributed by atoms with Gasteiger partial charge in [-0.1, -0.05) is 53.2 Å². The number of hydrogen-bond donors (Lipinski definition) is 0. The van der Waals surface area contributed by atoms with E-state index in [0.29, 0.717) is 0 Å². The van der Waals surface area contributed by atoms with Crippen molar-refractivity contribution in [2.45, 2.75) is 6.92 Å². The Bertz CT molecular complexity index is 839. The first-order chi connectivity index (χ1) is 12.7. The molecule has 0 bridgehead atoms. The van der Waals surface area contributed by atoms with Crippen molar-refractivity contribution in [1.29, 1.82) is 0 Å². The molecule has 0 saturated carbocycles. The summed E-state index contributed by atoms with van der Waals surface area (Å²) in [6.07, 6.45) is 4.04. The Balaban J connectivity index is 1.35. The molecule has 4 nitrogen and oxygen atoms in total. The number of hydrogen-bond acceptors (Lipinski definition) is 5. The van der Waals surface area contributed by atoms with Crippen molar-refractivity contribution in [2.75, 3.05) is 37.6 Å². The highest BCUT2D eigenvalue weighted by Gasteiger charge is 2.25. The minimum absolute atomic E-state index is 0.719. The molecule has 1 saturated heterocycles. The minimum atomic E-state index is 0.719. The fourth-order valence-corrected chi connectivity index (χ4v) is 4.38. The maximum atomic E-state index is 6.27. The molecule has 6 heteroatoms. The average Bonchev–Trinajstić information content (AvgIpc) is 3.13. The summed E-state index contributed by atoms with van der Waals surface area (Å²) < 4.78 is 0. The molecule has 134 valence electrons. The van der Waals surface area contributed by atoms with Crippen LogP contribution in [0.2, 0.25) is 5.02 Å². The molecule has 0 amide bonds. The first-order valence-electron chi connectivity index (χ1n) is 8.79. The Labute approximate surface area is 163 Å². The summed E-state index contributed by atoms with van der Waals surface area (Å²) in [5, 5.41) is 1.85. The van der Waals surface area contributed by atoms with Crippen LogP contribution in [0.15, 0.2) is 52.5 Å². The van der Waals surface area contributed by atoms with Gasteiger partial charge in [-0.2, -0.15) is 0 Å². The molecule has 2 aromatic rings. The third-order valence-corrected chi connectivity index (χ3v) is 5.96. The van der Waals surface area contributed by atoms with Crippen molar-refractivity contribution in [2.24, 2.45) is 4.99 Å². The fourth-order valence-electron chi connectivity index (χ4n) is 3.14. The van der Waals surface area contributed by atoms with E-state index in [1.54, 1.807) is 18.0 Å². The molecule has 0 N–H and O–H groups in total. The lowest BCUT2D eigenvalue weighted by atomic mass is 10.1. The number of aryl methyl sites for hydroxylation is 1. The second-order valence-corrected chi connectivity index (χ2v) is 8.01. The largest absolute Gasteiger partial charge is 0.352 e. The molecular weight excluding hydrogens is 364 g/mol. The van der Waals surface area contributed by atoms with Crippen LogP contribution >= 0.6 is 23.4 Å². The third kappa shape index (κ3) is 3.89. The van der Waals surface area contributed by atoms with Gasteiger partial charge in [0.15, 0.2) is 5.17 Å². The molecule has 0 radical (unpaired) electrons. The fraction of sp³-hybridized carbons (Fsp3) is 0.300. The van der Waals surface area contributed by atoms with E-state index in [1.807, 2.05) is 12.1 Å². The molecule has 3 heterocycles. The Morgan fingerprint density at radius 3 is 2.50 bits per heavy atom. The summed E-state index contributed by atoms with van der Waals surface area (Å²) >= 11 is 8.07. The van der Waals surface area contributed by atoms with Crippen molar-refractivity contribution in [3.05, 3.63) is 63.6 Å². The SMILES string of the molecule is Cc1ccc(C=C2CN=C(N3CCN(c4ncccc4Cl)CC3)S2)cc1. The van der Waals surface area contributed by atoms with Crippen molar-refractivity contribution in [3.8, 4) is 0 Å². The van der Waals surface area contributed by atoms with Gasteiger partial charge in [-0.3, -0.25) is 4.99 Å². The number of thioether (sulfide) groups is 1. The lowest BCUT2D eigenvalue weighted by molar-refractivity contribution is 0.391. The zero-order chi connectivity index (χ0) is 17.9. The number of aliphatic imine (C=N–C) groups is 1.